The molecule has 2 saturated heterocycles. The summed E-state index contributed by atoms with van der Waals surface area (Å²) in [5.74, 6) is 0. The average molecular weight is 126 g/mol. The van der Waals surface area contributed by atoms with E-state index in [2.05, 4.69) is 17.3 Å². The highest BCUT2D eigenvalue weighted by Gasteiger charge is 2.43. The smallest absolute Gasteiger partial charge is 0.0355 e. The van der Waals surface area contributed by atoms with Crippen LogP contribution in [0, 0.1) is 0 Å². The molecule has 2 heteroatoms. The van der Waals surface area contributed by atoms with E-state index in [1.165, 1.54) is 32.5 Å². The summed E-state index contributed by atoms with van der Waals surface area (Å²) in [6.07, 6.45) is 2.78. The third-order valence-corrected chi connectivity index (χ3v) is 2.94. The second kappa shape index (κ2) is 1.70. The summed E-state index contributed by atoms with van der Waals surface area (Å²) in [6, 6.07) is 0. The highest BCUT2D eigenvalue weighted by molar-refractivity contribution is 5.03. The molecule has 0 aromatic rings. The zero-order valence-corrected chi connectivity index (χ0v) is 5.98. The highest BCUT2D eigenvalue weighted by Crippen LogP contribution is 2.33. The van der Waals surface area contributed by atoms with E-state index in [0.29, 0.717) is 5.54 Å². The van der Waals surface area contributed by atoms with E-state index >= 15 is 0 Å². The molecule has 52 valence electrons. The van der Waals surface area contributed by atoms with Crippen molar-refractivity contribution in [3.05, 3.63) is 0 Å². The first-order chi connectivity index (χ1) is 4.33. The summed E-state index contributed by atoms with van der Waals surface area (Å²) in [5, 5.41) is 3.40. The molecule has 0 aromatic carbocycles. The van der Waals surface area contributed by atoms with Crippen LogP contribution in [0.1, 0.15) is 12.8 Å². The Bertz CT molecular complexity index is 116. The van der Waals surface area contributed by atoms with E-state index < -0.39 is 0 Å². The van der Waals surface area contributed by atoms with E-state index in [4.69, 9.17) is 0 Å². The zero-order chi connectivity index (χ0) is 6.32. The lowest BCUT2D eigenvalue weighted by atomic mass is 9.85. The van der Waals surface area contributed by atoms with E-state index in [-0.39, 0.29) is 0 Å². The summed E-state index contributed by atoms with van der Waals surface area (Å²) >= 11 is 0. The lowest BCUT2D eigenvalue weighted by molar-refractivity contribution is 0.0292. The Kier molecular flexibility index (Phi) is 1.08. The molecule has 0 saturated carbocycles. The minimum atomic E-state index is 0.597. The molecule has 0 bridgehead atoms. The Hall–Kier alpha value is -0.0800. The predicted molar refractivity (Wildman–Crippen MR) is 37.5 cm³/mol. The lowest BCUT2D eigenvalue weighted by Crippen LogP contribution is -2.58. The van der Waals surface area contributed by atoms with Crippen molar-refractivity contribution in [2.24, 2.45) is 0 Å². The first kappa shape index (κ1) is 5.69. The molecule has 1 N–H and O–H groups in total. The van der Waals surface area contributed by atoms with Crippen LogP contribution in [-0.2, 0) is 0 Å². The summed E-state index contributed by atoms with van der Waals surface area (Å²) in [6.45, 7) is 3.76. The van der Waals surface area contributed by atoms with Crippen LogP contribution in [0.3, 0.4) is 0 Å². The van der Waals surface area contributed by atoms with Crippen molar-refractivity contribution in [1.29, 1.82) is 0 Å². The van der Waals surface area contributed by atoms with E-state index in [9.17, 15) is 0 Å². The minimum Gasteiger partial charge on any atom is -0.315 e. The van der Waals surface area contributed by atoms with Gasteiger partial charge in [0.2, 0.25) is 0 Å². The maximum absolute atomic E-state index is 3.40. The van der Waals surface area contributed by atoms with Crippen molar-refractivity contribution in [2.45, 2.75) is 18.4 Å². The van der Waals surface area contributed by atoms with Gasteiger partial charge in [0.25, 0.3) is 0 Å². The zero-order valence-electron chi connectivity index (χ0n) is 5.98. The molecule has 0 aliphatic carbocycles. The third-order valence-electron chi connectivity index (χ3n) is 2.94. The molecule has 0 amide bonds. The van der Waals surface area contributed by atoms with Gasteiger partial charge in [0, 0.05) is 18.6 Å². The molecule has 1 atom stereocenters. The molecule has 0 radical (unpaired) electrons. The predicted octanol–water partition coefficient (Wildman–Crippen LogP) is 0.0540. The summed E-state index contributed by atoms with van der Waals surface area (Å²) in [7, 11) is 2.23. The number of hydrogen-bond donors (Lipinski definition) is 1. The van der Waals surface area contributed by atoms with Crippen LogP contribution in [-0.4, -0.2) is 37.1 Å². The Morgan fingerprint density at radius 1 is 1.44 bits per heavy atom. The number of nitrogens with zero attached hydrogens (tertiary/aromatic N) is 1. The van der Waals surface area contributed by atoms with Gasteiger partial charge in [-0.15, -0.1) is 0 Å². The number of hydrogen-bond acceptors (Lipinski definition) is 2. The standard InChI is InChI=1S/C7H14N2/c1-9-5-3-7(9)2-4-8-6-7/h8H,2-6H2,1H3/t7-/m0/s1. The van der Waals surface area contributed by atoms with Crippen LogP contribution >= 0.6 is 0 Å². The van der Waals surface area contributed by atoms with E-state index in [1.807, 2.05) is 0 Å². The quantitative estimate of drug-likeness (QED) is 0.493. The highest BCUT2D eigenvalue weighted by atomic mass is 15.3. The normalized spacial score (nSPS) is 43.7. The topological polar surface area (TPSA) is 15.3 Å². The SMILES string of the molecule is CN1CC[C@]12CCNC2. The fourth-order valence-electron chi connectivity index (χ4n) is 1.92. The van der Waals surface area contributed by atoms with Crippen LogP contribution in [0.25, 0.3) is 0 Å². The Labute approximate surface area is 56.2 Å². The largest absolute Gasteiger partial charge is 0.315 e. The van der Waals surface area contributed by atoms with Gasteiger partial charge in [-0.1, -0.05) is 0 Å². The number of rotatable bonds is 0. The van der Waals surface area contributed by atoms with Gasteiger partial charge in [0.05, 0.1) is 0 Å². The van der Waals surface area contributed by atoms with Crippen molar-refractivity contribution in [3.63, 3.8) is 0 Å². The molecule has 2 rings (SSSR count). The van der Waals surface area contributed by atoms with Crippen molar-refractivity contribution < 1.29 is 0 Å². The lowest BCUT2D eigenvalue weighted by Gasteiger charge is -2.48. The molecular formula is C7H14N2. The number of likely N-dealkylation sites (N-methyl/N-ethyl adjacent to an activating group) is 1. The van der Waals surface area contributed by atoms with E-state index in [0.717, 1.165) is 0 Å². The molecule has 2 heterocycles. The second-order valence-electron chi connectivity index (χ2n) is 3.32. The monoisotopic (exact) mass is 126 g/mol. The van der Waals surface area contributed by atoms with Gasteiger partial charge in [-0.2, -0.15) is 0 Å². The maximum Gasteiger partial charge on any atom is 0.0355 e. The fourth-order valence-corrected chi connectivity index (χ4v) is 1.92. The molecule has 1 spiro atoms. The summed E-state index contributed by atoms with van der Waals surface area (Å²) in [4.78, 5) is 2.48. The molecule has 2 aliphatic heterocycles. The Balaban J connectivity index is 2.06. The van der Waals surface area contributed by atoms with Crippen molar-refractivity contribution in [3.8, 4) is 0 Å². The average Bonchev–Trinajstić information content (AvgIpc) is 2.34. The molecule has 0 unspecified atom stereocenters. The van der Waals surface area contributed by atoms with Gasteiger partial charge in [0.15, 0.2) is 0 Å². The number of likely N-dealkylation sites (tertiary alicyclic amines) is 1. The molecule has 9 heavy (non-hydrogen) atoms. The van der Waals surface area contributed by atoms with Crippen LogP contribution in [0.5, 0.6) is 0 Å². The first-order valence-corrected chi connectivity index (χ1v) is 3.75. The van der Waals surface area contributed by atoms with Gasteiger partial charge in [-0.25, -0.2) is 0 Å². The van der Waals surface area contributed by atoms with Crippen LogP contribution in [0.15, 0.2) is 0 Å². The van der Waals surface area contributed by atoms with Crippen molar-refractivity contribution in [2.75, 3.05) is 26.7 Å². The second-order valence-corrected chi connectivity index (χ2v) is 3.32. The van der Waals surface area contributed by atoms with Gasteiger partial charge < -0.3 is 5.32 Å². The Morgan fingerprint density at radius 3 is 2.56 bits per heavy atom. The van der Waals surface area contributed by atoms with Crippen molar-refractivity contribution >= 4 is 0 Å². The fraction of sp³-hybridized carbons (Fsp3) is 1.00. The van der Waals surface area contributed by atoms with Crippen molar-refractivity contribution in [1.82, 2.24) is 10.2 Å². The molecular weight excluding hydrogens is 112 g/mol. The van der Waals surface area contributed by atoms with Gasteiger partial charge in [0.1, 0.15) is 0 Å². The maximum atomic E-state index is 3.40. The summed E-state index contributed by atoms with van der Waals surface area (Å²) < 4.78 is 0. The van der Waals surface area contributed by atoms with Gasteiger partial charge in [-0.05, 0) is 26.4 Å². The van der Waals surface area contributed by atoms with Crippen LogP contribution in [0.2, 0.25) is 0 Å². The van der Waals surface area contributed by atoms with Gasteiger partial charge in [-0.3, -0.25) is 4.90 Å². The van der Waals surface area contributed by atoms with Gasteiger partial charge >= 0.3 is 0 Å². The number of nitrogens with one attached hydrogen (secondary N) is 1. The molecule has 2 nitrogen and oxygen atoms in total. The van der Waals surface area contributed by atoms with Crippen LogP contribution < -0.4 is 5.32 Å². The molecule has 2 fully saturated rings. The molecule has 2 aliphatic rings. The minimum absolute atomic E-state index is 0.597. The van der Waals surface area contributed by atoms with Crippen LogP contribution in [0.4, 0.5) is 0 Å². The Morgan fingerprint density at radius 2 is 2.33 bits per heavy atom. The first-order valence-electron chi connectivity index (χ1n) is 3.75. The van der Waals surface area contributed by atoms with E-state index in [1.54, 1.807) is 0 Å². The third kappa shape index (κ3) is 0.634. The summed E-state index contributed by atoms with van der Waals surface area (Å²) in [5.41, 5.74) is 0.597. The molecule has 0 aromatic heterocycles.